The fourth-order valence-electron chi connectivity index (χ4n) is 3.77. The summed E-state index contributed by atoms with van der Waals surface area (Å²) in [5, 5.41) is 14.0. The number of hydrogen-bond donors (Lipinski definition) is 2. The molecule has 0 saturated heterocycles. The topological polar surface area (TPSA) is 61.7 Å². The summed E-state index contributed by atoms with van der Waals surface area (Å²) >= 11 is 1.59. The molecule has 1 unspecified atom stereocenters. The molecule has 3 aliphatic rings. The normalized spacial score (nSPS) is 44.8. The van der Waals surface area contributed by atoms with Crippen molar-refractivity contribution in [1.82, 2.24) is 5.32 Å². The lowest BCUT2D eigenvalue weighted by Crippen LogP contribution is -2.39. The number of amidine groups is 1. The maximum absolute atomic E-state index is 12.0. The molecular formula is C14H22N2O2S. The van der Waals surface area contributed by atoms with Gasteiger partial charge in [0.05, 0.1) is 6.10 Å². The Morgan fingerprint density at radius 2 is 2.21 bits per heavy atom. The third-order valence-electron chi connectivity index (χ3n) is 4.83. The number of carbonyl (C=O) groups is 1. The van der Waals surface area contributed by atoms with E-state index < -0.39 is 0 Å². The first-order chi connectivity index (χ1) is 9.01. The molecule has 3 rings (SSSR count). The van der Waals surface area contributed by atoms with Crippen LogP contribution in [0.5, 0.6) is 0 Å². The smallest absolute Gasteiger partial charge is 0.264 e. The number of fused-ring (bicyclic) bond motifs is 2. The van der Waals surface area contributed by atoms with Crippen LogP contribution >= 0.6 is 11.8 Å². The van der Waals surface area contributed by atoms with Gasteiger partial charge in [-0.2, -0.15) is 4.99 Å². The van der Waals surface area contributed by atoms with E-state index in [-0.39, 0.29) is 16.8 Å². The van der Waals surface area contributed by atoms with Crippen LogP contribution in [-0.4, -0.2) is 33.1 Å². The second kappa shape index (κ2) is 4.77. The zero-order valence-electron chi connectivity index (χ0n) is 11.6. The Hall–Kier alpha value is -0.550. The molecule has 5 heteroatoms. The Morgan fingerprint density at radius 3 is 2.79 bits per heavy atom. The number of hydrogen-bond acceptors (Lipinski definition) is 4. The third kappa shape index (κ3) is 2.31. The Kier molecular flexibility index (Phi) is 3.38. The van der Waals surface area contributed by atoms with Crippen molar-refractivity contribution in [3.8, 4) is 0 Å². The highest BCUT2D eigenvalue weighted by Gasteiger charge is 2.47. The lowest BCUT2D eigenvalue weighted by Gasteiger charge is -2.27. The number of thioether (sulfide) groups is 1. The largest absolute Gasteiger partial charge is 0.393 e. The molecule has 2 fully saturated rings. The highest BCUT2D eigenvalue weighted by Crippen LogP contribution is 2.45. The molecule has 1 heterocycles. The second-order valence-electron chi connectivity index (χ2n) is 6.35. The summed E-state index contributed by atoms with van der Waals surface area (Å²) in [6, 6.07) is 0.399. The van der Waals surface area contributed by atoms with E-state index >= 15 is 0 Å². The van der Waals surface area contributed by atoms with Gasteiger partial charge in [0.2, 0.25) is 0 Å². The monoisotopic (exact) mass is 282 g/mol. The summed E-state index contributed by atoms with van der Waals surface area (Å²) in [5.74, 6) is 1.01. The number of rotatable bonds is 3. The van der Waals surface area contributed by atoms with E-state index in [9.17, 15) is 9.90 Å². The average Bonchev–Trinajstić information content (AvgIpc) is 2.94. The van der Waals surface area contributed by atoms with Crippen LogP contribution in [0.3, 0.4) is 0 Å². The van der Waals surface area contributed by atoms with Crippen LogP contribution in [0, 0.1) is 11.8 Å². The Balaban J connectivity index is 1.61. The minimum atomic E-state index is -0.367. The number of amides is 1. The van der Waals surface area contributed by atoms with Gasteiger partial charge in [0.15, 0.2) is 5.17 Å². The van der Waals surface area contributed by atoms with Crippen LogP contribution in [-0.2, 0) is 4.79 Å². The Morgan fingerprint density at radius 1 is 1.42 bits per heavy atom. The predicted molar refractivity (Wildman–Crippen MR) is 77.1 cm³/mol. The fourth-order valence-corrected chi connectivity index (χ4v) is 4.97. The summed E-state index contributed by atoms with van der Waals surface area (Å²) in [5.41, 5.74) is 0. The zero-order valence-corrected chi connectivity index (χ0v) is 12.4. The van der Waals surface area contributed by atoms with E-state index in [1.54, 1.807) is 11.8 Å². The van der Waals surface area contributed by atoms with Crippen molar-refractivity contribution < 1.29 is 9.90 Å². The molecule has 0 aromatic heterocycles. The van der Waals surface area contributed by atoms with Gasteiger partial charge < -0.3 is 10.4 Å². The predicted octanol–water partition coefficient (Wildman–Crippen LogP) is 1.92. The highest BCUT2D eigenvalue weighted by atomic mass is 32.2. The molecule has 106 valence electrons. The van der Waals surface area contributed by atoms with E-state index in [2.05, 4.69) is 17.2 Å². The van der Waals surface area contributed by atoms with Crippen molar-refractivity contribution >= 4 is 22.8 Å². The Labute approximate surface area is 118 Å². The standard InChI is InChI=1S/C14H22N2O2S/c1-3-4-14(2)12(18)16-13(19-14)15-10-6-9-5-8(10)7-11(9)17/h8-11,17H,3-7H2,1-2H3,(H,15,16,18)/t8-,9-,10+,11+,14?/m1/s1. The molecule has 2 N–H and O–H groups in total. The van der Waals surface area contributed by atoms with Crippen molar-refractivity contribution in [3.05, 3.63) is 0 Å². The lowest BCUT2D eigenvalue weighted by atomic mass is 9.93. The summed E-state index contributed by atoms with van der Waals surface area (Å²) in [4.78, 5) is 16.2. The van der Waals surface area contributed by atoms with Gasteiger partial charge >= 0.3 is 0 Å². The molecule has 2 bridgehead atoms. The number of aliphatic hydroxyl groups is 1. The third-order valence-corrected chi connectivity index (χ3v) is 6.06. The molecule has 1 aliphatic heterocycles. The number of nitrogens with zero attached hydrogens (tertiary/aromatic N) is 1. The van der Waals surface area contributed by atoms with Gasteiger partial charge in [0.25, 0.3) is 5.91 Å². The number of nitrogens with one attached hydrogen (secondary N) is 1. The maximum Gasteiger partial charge on any atom is 0.264 e. The first-order valence-corrected chi connectivity index (χ1v) is 8.10. The quantitative estimate of drug-likeness (QED) is 0.830. The van der Waals surface area contributed by atoms with E-state index in [4.69, 9.17) is 0 Å². The van der Waals surface area contributed by atoms with Crippen molar-refractivity contribution in [2.45, 2.75) is 62.8 Å². The molecule has 0 aromatic carbocycles. The number of aliphatic imine (C=N–C) groups is 1. The maximum atomic E-state index is 12.0. The van der Waals surface area contributed by atoms with Gasteiger partial charge in [-0.15, -0.1) is 0 Å². The van der Waals surface area contributed by atoms with Crippen LogP contribution in [0.4, 0.5) is 0 Å². The molecule has 0 spiro atoms. The minimum absolute atomic E-state index is 0.00467. The summed E-state index contributed by atoms with van der Waals surface area (Å²) in [6.45, 7) is 4.09. The van der Waals surface area contributed by atoms with Crippen LogP contribution < -0.4 is 5.32 Å². The Bertz CT molecular complexity index is 424. The molecule has 0 radical (unpaired) electrons. The molecule has 19 heavy (non-hydrogen) atoms. The highest BCUT2D eigenvalue weighted by molar-refractivity contribution is 8.16. The molecule has 4 nitrogen and oxygen atoms in total. The lowest BCUT2D eigenvalue weighted by molar-refractivity contribution is -0.119. The van der Waals surface area contributed by atoms with Crippen LogP contribution in [0.25, 0.3) is 0 Å². The van der Waals surface area contributed by atoms with E-state index in [0.29, 0.717) is 17.9 Å². The second-order valence-corrected chi connectivity index (χ2v) is 7.84. The van der Waals surface area contributed by atoms with Crippen molar-refractivity contribution in [3.63, 3.8) is 0 Å². The summed E-state index contributed by atoms with van der Waals surface area (Å²) < 4.78 is -0.367. The van der Waals surface area contributed by atoms with Gasteiger partial charge in [0.1, 0.15) is 4.75 Å². The number of carbonyl (C=O) groups excluding carboxylic acids is 1. The average molecular weight is 282 g/mol. The zero-order chi connectivity index (χ0) is 13.6. The minimum Gasteiger partial charge on any atom is -0.393 e. The van der Waals surface area contributed by atoms with Gasteiger partial charge in [-0.25, -0.2) is 0 Å². The molecule has 0 aromatic rings. The van der Waals surface area contributed by atoms with E-state index in [0.717, 1.165) is 37.3 Å². The first-order valence-electron chi connectivity index (χ1n) is 7.28. The summed E-state index contributed by atoms with van der Waals surface area (Å²) in [7, 11) is 0. The van der Waals surface area contributed by atoms with Crippen LogP contribution in [0.15, 0.2) is 4.99 Å². The van der Waals surface area contributed by atoms with Gasteiger partial charge in [-0.05, 0) is 44.4 Å². The van der Waals surface area contributed by atoms with Crippen LogP contribution in [0.1, 0.15) is 46.0 Å². The number of aliphatic hydroxyl groups excluding tert-OH is 1. The van der Waals surface area contributed by atoms with Crippen molar-refractivity contribution in [2.24, 2.45) is 16.8 Å². The van der Waals surface area contributed by atoms with Gasteiger partial charge in [0, 0.05) is 6.04 Å². The molecular weight excluding hydrogens is 260 g/mol. The van der Waals surface area contributed by atoms with E-state index in [1.807, 2.05) is 6.92 Å². The van der Waals surface area contributed by atoms with Crippen molar-refractivity contribution in [1.29, 1.82) is 0 Å². The van der Waals surface area contributed by atoms with Crippen molar-refractivity contribution in [2.75, 3.05) is 0 Å². The molecule has 1 amide bonds. The van der Waals surface area contributed by atoms with Gasteiger partial charge in [-0.3, -0.25) is 4.79 Å². The van der Waals surface area contributed by atoms with Crippen LogP contribution in [0.2, 0.25) is 0 Å². The fraction of sp³-hybridized carbons (Fsp3) is 0.857. The first kappa shape index (κ1) is 13.4. The molecule has 5 atom stereocenters. The summed E-state index contributed by atoms with van der Waals surface area (Å²) in [6.07, 6.45) is 4.81. The SMILES string of the molecule is CCCC1(C)SC(N[C@H]2C[C@H]3C[C@@H]2C[C@@H]3O)=NC1=O. The van der Waals surface area contributed by atoms with E-state index in [1.165, 1.54) is 0 Å². The molecule has 2 aliphatic carbocycles. The molecule has 2 saturated carbocycles. The van der Waals surface area contributed by atoms with Gasteiger partial charge in [-0.1, -0.05) is 25.1 Å².